The molecule has 0 unspecified atom stereocenters. The molecule has 1 amide bonds. The van der Waals surface area contributed by atoms with Crippen molar-refractivity contribution in [3.05, 3.63) is 64.9 Å². The maximum absolute atomic E-state index is 13.0. The van der Waals surface area contributed by atoms with Crippen molar-refractivity contribution in [2.45, 2.75) is 31.2 Å². The van der Waals surface area contributed by atoms with Crippen LogP contribution in [0.15, 0.2) is 59.3 Å². The first-order chi connectivity index (χ1) is 14.3. The fraction of sp³-hybridized carbons (Fsp3) is 0.364. The fourth-order valence-electron chi connectivity index (χ4n) is 3.59. The van der Waals surface area contributed by atoms with Gasteiger partial charge in [0.15, 0.2) is 5.78 Å². The van der Waals surface area contributed by atoms with Crippen LogP contribution in [-0.2, 0) is 21.4 Å². The average molecular weight is 447 g/mol. The summed E-state index contributed by atoms with van der Waals surface area (Å²) in [5.41, 5.74) is 0.478. The first-order valence-electron chi connectivity index (χ1n) is 9.86. The number of rotatable bonds is 8. The lowest BCUT2D eigenvalue weighted by Crippen LogP contribution is -2.44. The summed E-state index contributed by atoms with van der Waals surface area (Å²) >= 11 is 1.61. The Morgan fingerprint density at radius 2 is 1.87 bits per heavy atom. The first kappa shape index (κ1) is 22.4. The lowest BCUT2D eigenvalue weighted by atomic mass is 9.96. The first-order valence-corrected chi connectivity index (χ1v) is 12.2. The number of benzene rings is 1. The largest absolute Gasteiger partial charge is 0.334 e. The second kappa shape index (κ2) is 9.68. The molecule has 30 heavy (non-hydrogen) atoms. The third kappa shape index (κ3) is 5.06. The third-order valence-corrected chi connectivity index (χ3v) is 8.06. The van der Waals surface area contributed by atoms with Crippen LogP contribution in [0.2, 0.25) is 0 Å². The molecule has 1 aliphatic rings. The van der Waals surface area contributed by atoms with E-state index in [1.807, 2.05) is 17.5 Å². The number of nitrogens with zero attached hydrogens (tertiary/aromatic N) is 2. The molecule has 1 aromatic heterocycles. The molecule has 2 aromatic rings. The highest BCUT2D eigenvalue weighted by molar-refractivity contribution is 7.89. The number of ketones is 1. The summed E-state index contributed by atoms with van der Waals surface area (Å²) in [6.07, 6.45) is 2.69. The van der Waals surface area contributed by atoms with E-state index in [4.69, 9.17) is 0 Å². The normalized spacial score (nSPS) is 15.6. The van der Waals surface area contributed by atoms with Gasteiger partial charge in [-0.15, -0.1) is 17.9 Å². The van der Waals surface area contributed by atoms with E-state index in [-0.39, 0.29) is 22.5 Å². The molecular weight excluding hydrogens is 420 g/mol. The van der Waals surface area contributed by atoms with Crippen LogP contribution in [0.5, 0.6) is 0 Å². The summed E-state index contributed by atoms with van der Waals surface area (Å²) in [6.45, 7) is 6.81. The molecule has 0 atom stereocenters. The minimum atomic E-state index is -3.64. The number of carbonyl (C=O) groups is 2. The summed E-state index contributed by atoms with van der Waals surface area (Å²) in [7, 11) is -3.64. The minimum absolute atomic E-state index is 0.0474. The minimum Gasteiger partial charge on any atom is -0.334 e. The predicted octanol–water partition coefficient (Wildman–Crippen LogP) is 3.57. The molecule has 2 heterocycles. The van der Waals surface area contributed by atoms with E-state index in [1.54, 1.807) is 22.3 Å². The van der Waals surface area contributed by atoms with E-state index < -0.39 is 10.0 Å². The van der Waals surface area contributed by atoms with Gasteiger partial charge in [-0.05, 0) is 43.3 Å². The Morgan fingerprint density at radius 1 is 1.20 bits per heavy atom. The van der Waals surface area contributed by atoms with Crippen molar-refractivity contribution < 1.29 is 18.0 Å². The maximum atomic E-state index is 13.0. The molecular formula is C22H26N2O4S2. The van der Waals surface area contributed by atoms with Gasteiger partial charge in [-0.3, -0.25) is 9.59 Å². The van der Waals surface area contributed by atoms with Crippen LogP contribution in [0.4, 0.5) is 0 Å². The smallest absolute Gasteiger partial charge is 0.243 e. The molecule has 8 heteroatoms. The molecule has 1 saturated heterocycles. The molecule has 1 fully saturated rings. The predicted molar refractivity (Wildman–Crippen MR) is 118 cm³/mol. The molecule has 1 aromatic carbocycles. The van der Waals surface area contributed by atoms with Crippen LogP contribution >= 0.6 is 11.3 Å². The summed E-state index contributed by atoms with van der Waals surface area (Å²) in [6, 6.07) is 9.96. The highest BCUT2D eigenvalue weighted by Gasteiger charge is 2.33. The third-order valence-electron chi connectivity index (χ3n) is 5.29. The SMILES string of the molecule is C=CCN(Cc1cccs1)C(=O)C1CCN(S(=O)(=O)c2ccc(C(C)=O)cc2)CC1. The summed E-state index contributed by atoms with van der Waals surface area (Å²) in [4.78, 5) is 27.5. The molecule has 3 rings (SSSR count). The number of sulfonamides is 1. The second-order valence-electron chi connectivity index (χ2n) is 7.35. The van der Waals surface area contributed by atoms with Gasteiger partial charge in [0.2, 0.25) is 15.9 Å². The zero-order valence-electron chi connectivity index (χ0n) is 17.0. The van der Waals surface area contributed by atoms with Gasteiger partial charge in [-0.25, -0.2) is 8.42 Å². The van der Waals surface area contributed by atoms with Gasteiger partial charge in [-0.1, -0.05) is 24.3 Å². The van der Waals surface area contributed by atoms with Gasteiger partial charge in [0, 0.05) is 36.0 Å². The lowest BCUT2D eigenvalue weighted by Gasteiger charge is -2.33. The van der Waals surface area contributed by atoms with E-state index >= 15 is 0 Å². The van der Waals surface area contributed by atoms with Crippen molar-refractivity contribution in [1.29, 1.82) is 0 Å². The van der Waals surface area contributed by atoms with Crippen molar-refractivity contribution in [2.75, 3.05) is 19.6 Å². The Bertz CT molecular complexity index is 990. The van der Waals surface area contributed by atoms with Crippen LogP contribution in [0.3, 0.4) is 0 Å². The van der Waals surface area contributed by atoms with Crippen LogP contribution in [0, 0.1) is 5.92 Å². The van der Waals surface area contributed by atoms with Crippen LogP contribution < -0.4 is 0 Å². The van der Waals surface area contributed by atoms with E-state index in [2.05, 4.69) is 6.58 Å². The monoisotopic (exact) mass is 446 g/mol. The van der Waals surface area contributed by atoms with E-state index in [9.17, 15) is 18.0 Å². The molecule has 0 radical (unpaired) electrons. The van der Waals surface area contributed by atoms with Gasteiger partial charge in [-0.2, -0.15) is 4.31 Å². The number of hydrogen-bond acceptors (Lipinski definition) is 5. The Morgan fingerprint density at radius 3 is 2.40 bits per heavy atom. The second-order valence-corrected chi connectivity index (χ2v) is 10.3. The van der Waals surface area contributed by atoms with Crippen molar-refractivity contribution in [2.24, 2.45) is 5.92 Å². The van der Waals surface area contributed by atoms with E-state index in [1.165, 1.54) is 35.5 Å². The molecule has 0 N–H and O–H groups in total. The van der Waals surface area contributed by atoms with Crippen LogP contribution in [-0.4, -0.2) is 48.9 Å². The highest BCUT2D eigenvalue weighted by Crippen LogP contribution is 2.26. The molecule has 6 nitrogen and oxygen atoms in total. The number of thiophene rings is 1. The van der Waals surface area contributed by atoms with E-state index in [0.717, 1.165) is 4.88 Å². The molecule has 0 spiro atoms. The molecule has 1 aliphatic heterocycles. The van der Waals surface area contributed by atoms with Crippen molar-refractivity contribution in [3.63, 3.8) is 0 Å². The Kier molecular flexibility index (Phi) is 7.23. The van der Waals surface area contributed by atoms with Crippen molar-refractivity contribution >= 4 is 33.1 Å². The fourth-order valence-corrected chi connectivity index (χ4v) is 5.78. The molecule has 160 valence electrons. The van der Waals surface area contributed by atoms with Gasteiger partial charge in [0.25, 0.3) is 0 Å². The quantitative estimate of drug-likeness (QED) is 0.459. The molecule has 0 bridgehead atoms. The maximum Gasteiger partial charge on any atom is 0.243 e. The van der Waals surface area contributed by atoms with Crippen LogP contribution in [0.1, 0.15) is 35.0 Å². The summed E-state index contributed by atoms with van der Waals surface area (Å²) < 4.78 is 27.3. The Hall–Kier alpha value is -2.29. The van der Waals surface area contributed by atoms with Crippen molar-refractivity contribution in [3.8, 4) is 0 Å². The lowest BCUT2D eigenvalue weighted by molar-refractivity contribution is -0.136. The molecule has 0 saturated carbocycles. The zero-order valence-corrected chi connectivity index (χ0v) is 18.6. The topological polar surface area (TPSA) is 74.8 Å². The van der Waals surface area contributed by atoms with Gasteiger partial charge in [0.05, 0.1) is 11.4 Å². The van der Waals surface area contributed by atoms with Gasteiger partial charge >= 0.3 is 0 Å². The van der Waals surface area contributed by atoms with Gasteiger partial charge < -0.3 is 4.90 Å². The number of hydrogen-bond donors (Lipinski definition) is 0. The average Bonchev–Trinajstić information content (AvgIpc) is 3.26. The standard InChI is InChI=1S/C22H26N2O4S2/c1-3-12-23(16-20-5-4-15-29-20)22(26)19-10-13-24(14-11-19)30(27,28)21-8-6-18(7-9-21)17(2)25/h3-9,15,19H,1,10-14,16H2,2H3. The zero-order chi connectivity index (χ0) is 21.7. The number of carbonyl (C=O) groups excluding carboxylic acids is 2. The Balaban J connectivity index is 1.64. The summed E-state index contributed by atoms with van der Waals surface area (Å²) in [5.74, 6) is -0.257. The Labute approximate surface area is 181 Å². The summed E-state index contributed by atoms with van der Waals surface area (Å²) in [5, 5.41) is 1.98. The molecule has 0 aliphatic carbocycles. The van der Waals surface area contributed by atoms with Crippen molar-refractivity contribution in [1.82, 2.24) is 9.21 Å². The van der Waals surface area contributed by atoms with E-state index in [0.29, 0.717) is 44.6 Å². The highest BCUT2D eigenvalue weighted by atomic mass is 32.2. The number of amides is 1. The van der Waals surface area contributed by atoms with Gasteiger partial charge in [0.1, 0.15) is 0 Å². The van der Waals surface area contributed by atoms with Crippen LogP contribution in [0.25, 0.3) is 0 Å². The number of piperidine rings is 1. The number of Topliss-reactive ketones (excluding diaryl/α,β-unsaturated/α-hetero) is 1.